The number of ether oxygens (including phenoxy) is 3. The normalized spacial score (nSPS) is 18.9. The number of nitrogens with zero attached hydrogens (tertiary/aromatic N) is 2. The summed E-state index contributed by atoms with van der Waals surface area (Å²) >= 11 is 0. The number of halogens is 5. The predicted octanol–water partition coefficient (Wildman–Crippen LogP) is 5.70. The number of rotatable bonds is 9. The number of alkyl halides is 3. The molecule has 3 unspecified atom stereocenters. The van der Waals surface area contributed by atoms with Crippen molar-refractivity contribution in [2.75, 3.05) is 17.6 Å². The molecule has 2 aliphatic rings. The minimum atomic E-state index is -5.27. The van der Waals surface area contributed by atoms with E-state index < -0.39 is 53.2 Å². The van der Waals surface area contributed by atoms with Gasteiger partial charge in [-0.1, -0.05) is 13.3 Å². The highest BCUT2D eigenvalue weighted by Crippen LogP contribution is 2.44. The smallest absolute Gasteiger partial charge is 0.472 e. The Morgan fingerprint density at radius 3 is 2.58 bits per heavy atom. The maximum Gasteiger partial charge on any atom is 0.573 e. The lowest BCUT2D eigenvalue weighted by atomic mass is 10.0. The van der Waals surface area contributed by atoms with Gasteiger partial charge in [-0.25, -0.2) is 18.7 Å². The predicted molar refractivity (Wildman–Crippen MR) is 149 cm³/mol. The molecule has 1 aliphatic heterocycles. The number of pyridine rings is 2. The summed E-state index contributed by atoms with van der Waals surface area (Å²) in [5.41, 5.74) is 5.01. The van der Waals surface area contributed by atoms with Crippen LogP contribution in [0.4, 0.5) is 33.5 Å². The van der Waals surface area contributed by atoms with Crippen LogP contribution in [0, 0.1) is 25.5 Å². The van der Waals surface area contributed by atoms with Crippen LogP contribution in [-0.4, -0.2) is 53.1 Å². The summed E-state index contributed by atoms with van der Waals surface area (Å²) in [7, 11) is 0. The highest BCUT2D eigenvalue weighted by molar-refractivity contribution is 6.01. The van der Waals surface area contributed by atoms with E-state index in [0.29, 0.717) is 23.7 Å². The molecular formula is C29H32F5N5O4. The third-order valence-electron chi connectivity index (χ3n) is 7.52. The highest BCUT2D eigenvalue weighted by atomic mass is 19.4. The van der Waals surface area contributed by atoms with Gasteiger partial charge in [0.25, 0.3) is 0 Å². The van der Waals surface area contributed by atoms with E-state index in [0.717, 1.165) is 25.3 Å². The summed E-state index contributed by atoms with van der Waals surface area (Å²) in [6.07, 6.45) is -2.97. The summed E-state index contributed by atoms with van der Waals surface area (Å²) in [6.45, 7) is 7.15. The van der Waals surface area contributed by atoms with Gasteiger partial charge in [-0.15, -0.1) is 13.2 Å². The van der Waals surface area contributed by atoms with Crippen molar-refractivity contribution >= 4 is 28.2 Å². The molecule has 2 aromatic heterocycles. The van der Waals surface area contributed by atoms with Crippen LogP contribution >= 0.6 is 0 Å². The largest absolute Gasteiger partial charge is 0.573 e. The molecule has 3 atom stereocenters. The van der Waals surface area contributed by atoms with Gasteiger partial charge in [-0.2, -0.15) is 0 Å². The molecule has 1 aliphatic carbocycles. The molecule has 1 fully saturated rings. The van der Waals surface area contributed by atoms with Gasteiger partial charge in [0.1, 0.15) is 29.8 Å². The summed E-state index contributed by atoms with van der Waals surface area (Å²) in [5.74, 6) is -3.96. The number of esters is 1. The van der Waals surface area contributed by atoms with Crippen molar-refractivity contribution in [3.63, 3.8) is 0 Å². The lowest BCUT2D eigenvalue weighted by Gasteiger charge is -2.26. The van der Waals surface area contributed by atoms with Gasteiger partial charge in [-0.05, 0) is 51.7 Å². The van der Waals surface area contributed by atoms with E-state index in [1.807, 2.05) is 6.92 Å². The van der Waals surface area contributed by atoms with Crippen molar-refractivity contribution in [2.45, 2.75) is 84.0 Å². The Morgan fingerprint density at radius 2 is 1.93 bits per heavy atom. The Hall–Kier alpha value is -3.94. The standard InChI is InChI=1S/C29H32F5N5O4/c1-5-6-19(28(40)42-16-7-8-16)36-11-20-14(4)41-27-22-21(12(2)13(3)37-26(22)38-20)23(31)24(39-27)17-9-15(35)10-18(30)25(17)43-29(32,33)34/h9-10,14,16,19-20,36H,5-8,11,35H2,1-4H3,(H,37,38). The molecule has 1 aromatic carbocycles. The van der Waals surface area contributed by atoms with Crippen LogP contribution in [0.15, 0.2) is 12.1 Å². The van der Waals surface area contributed by atoms with Crippen LogP contribution in [-0.2, 0) is 9.53 Å². The van der Waals surface area contributed by atoms with E-state index in [1.165, 1.54) is 0 Å². The molecule has 0 bridgehead atoms. The molecule has 5 rings (SSSR count). The molecule has 0 radical (unpaired) electrons. The zero-order chi connectivity index (χ0) is 31.2. The SMILES string of the molecule is CCCC(NCC1Nc2nc(C)c(C)c3c(F)c(-c4cc(N)cc(F)c4OC(F)(F)F)nc(c23)OC1C)C(=O)OC1CC1. The summed E-state index contributed by atoms with van der Waals surface area (Å²) in [6, 6.07) is 0.548. The molecule has 3 heterocycles. The maximum atomic E-state index is 16.3. The van der Waals surface area contributed by atoms with Gasteiger partial charge < -0.3 is 30.6 Å². The van der Waals surface area contributed by atoms with Gasteiger partial charge in [0.15, 0.2) is 17.4 Å². The first-order chi connectivity index (χ1) is 20.3. The summed E-state index contributed by atoms with van der Waals surface area (Å²) < 4.78 is 86.3. The first-order valence-electron chi connectivity index (χ1n) is 14.0. The van der Waals surface area contributed by atoms with Crippen LogP contribution in [0.2, 0.25) is 0 Å². The second-order valence-electron chi connectivity index (χ2n) is 10.9. The fraction of sp³-hybridized carbons (Fsp3) is 0.483. The number of anilines is 2. The van der Waals surface area contributed by atoms with Crippen molar-refractivity contribution in [1.29, 1.82) is 0 Å². The highest BCUT2D eigenvalue weighted by Gasteiger charge is 2.37. The topological polar surface area (TPSA) is 121 Å². The van der Waals surface area contributed by atoms with E-state index in [-0.39, 0.29) is 46.8 Å². The number of carbonyl (C=O) groups is 1. The zero-order valence-electron chi connectivity index (χ0n) is 24.0. The number of nitrogens with one attached hydrogen (secondary N) is 2. The minimum absolute atomic E-state index is 0.0199. The van der Waals surface area contributed by atoms with Gasteiger partial charge in [0, 0.05) is 29.4 Å². The fourth-order valence-corrected chi connectivity index (χ4v) is 5.04. The van der Waals surface area contributed by atoms with E-state index in [9.17, 15) is 22.4 Å². The zero-order valence-corrected chi connectivity index (χ0v) is 24.0. The molecule has 0 spiro atoms. The molecule has 3 aromatic rings. The minimum Gasteiger partial charge on any atom is -0.472 e. The molecule has 0 saturated heterocycles. The number of aryl methyl sites for hydroxylation is 2. The van der Waals surface area contributed by atoms with Crippen molar-refractivity contribution in [2.24, 2.45) is 0 Å². The fourth-order valence-electron chi connectivity index (χ4n) is 5.04. The number of hydrogen-bond acceptors (Lipinski definition) is 9. The van der Waals surface area contributed by atoms with E-state index in [1.54, 1.807) is 20.8 Å². The number of nitrogens with two attached hydrogens (primary N) is 1. The number of hydrogen-bond donors (Lipinski definition) is 3. The number of nitrogen functional groups attached to an aromatic ring is 1. The van der Waals surface area contributed by atoms with Crippen LogP contribution < -0.4 is 25.8 Å². The van der Waals surface area contributed by atoms with Gasteiger partial charge in [-0.3, -0.25) is 4.79 Å². The number of aromatic nitrogens is 2. The van der Waals surface area contributed by atoms with Crippen LogP contribution in [0.5, 0.6) is 11.6 Å². The van der Waals surface area contributed by atoms with E-state index in [2.05, 4.69) is 25.3 Å². The molecule has 43 heavy (non-hydrogen) atoms. The summed E-state index contributed by atoms with van der Waals surface area (Å²) in [4.78, 5) is 21.5. The summed E-state index contributed by atoms with van der Waals surface area (Å²) in [5, 5.41) is 6.65. The first-order valence-corrected chi connectivity index (χ1v) is 14.0. The van der Waals surface area contributed by atoms with Crippen LogP contribution in [0.1, 0.15) is 50.8 Å². The number of carbonyl (C=O) groups excluding carboxylic acids is 1. The molecular weight excluding hydrogens is 577 g/mol. The molecule has 4 N–H and O–H groups in total. The average molecular weight is 610 g/mol. The second-order valence-corrected chi connectivity index (χ2v) is 10.9. The van der Waals surface area contributed by atoms with Crippen molar-refractivity contribution in [3.8, 4) is 22.9 Å². The average Bonchev–Trinajstić information content (AvgIpc) is 3.74. The quantitative estimate of drug-likeness (QED) is 0.159. The second kappa shape index (κ2) is 11.6. The van der Waals surface area contributed by atoms with Crippen LogP contribution in [0.3, 0.4) is 0 Å². The van der Waals surface area contributed by atoms with Crippen molar-refractivity contribution < 1.29 is 41.0 Å². The van der Waals surface area contributed by atoms with Crippen molar-refractivity contribution in [3.05, 3.63) is 35.0 Å². The lowest BCUT2D eigenvalue weighted by Crippen LogP contribution is -2.48. The van der Waals surface area contributed by atoms with Crippen LogP contribution in [0.25, 0.3) is 22.0 Å². The monoisotopic (exact) mass is 609 g/mol. The Bertz CT molecular complexity index is 1560. The Morgan fingerprint density at radius 1 is 1.21 bits per heavy atom. The molecule has 9 nitrogen and oxygen atoms in total. The molecule has 0 amide bonds. The molecule has 232 valence electrons. The third kappa shape index (κ3) is 6.38. The Balaban J connectivity index is 1.56. The van der Waals surface area contributed by atoms with Gasteiger partial charge in [0.2, 0.25) is 5.88 Å². The van der Waals surface area contributed by atoms with E-state index >= 15 is 4.39 Å². The lowest BCUT2D eigenvalue weighted by molar-refractivity contribution is -0.275. The first kappa shape index (κ1) is 30.5. The number of benzene rings is 1. The third-order valence-corrected chi connectivity index (χ3v) is 7.52. The Labute approximate surface area is 244 Å². The van der Waals surface area contributed by atoms with E-state index in [4.69, 9.17) is 15.2 Å². The molecule has 1 saturated carbocycles. The van der Waals surface area contributed by atoms with Gasteiger partial charge >= 0.3 is 12.3 Å². The Kier molecular flexibility index (Phi) is 8.25. The maximum absolute atomic E-state index is 16.3. The molecule has 14 heteroatoms. The van der Waals surface area contributed by atoms with Gasteiger partial charge in [0.05, 0.1) is 17.0 Å². The van der Waals surface area contributed by atoms with Crippen molar-refractivity contribution in [1.82, 2.24) is 15.3 Å².